The van der Waals surface area contributed by atoms with Gasteiger partial charge >= 0.3 is 0 Å². The summed E-state index contributed by atoms with van der Waals surface area (Å²) in [6, 6.07) is 8.27. The topological polar surface area (TPSA) is 75.3 Å². The van der Waals surface area contributed by atoms with Crippen molar-refractivity contribution in [2.45, 2.75) is 4.90 Å². The van der Waals surface area contributed by atoms with Crippen LogP contribution >= 0.6 is 11.6 Å². The minimum atomic E-state index is -3.73. The molecule has 0 atom stereocenters. The molecule has 3 aromatic rings. The highest BCUT2D eigenvalue weighted by Gasteiger charge is 2.25. The van der Waals surface area contributed by atoms with Crippen molar-refractivity contribution in [3.63, 3.8) is 0 Å². The van der Waals surface area contributed by atoms with Crippen LogP contribution in [0.2, 0.25) is 5.02 Å². The average molecular weight is 352 g/mol. The number of nitrogens with one attached hydrogen (secondary N) is 1. The lowest BCUT2D eigenvalue weighted by Crippen LogP contribution is -2.26. The second-order valence-electron chi connectivity index (χ2n) is 4.87. The van der Waals surface area contributed by atoms with E-state index in [4.69, 9.17) is 16.3 Å². The van der Waals surface area contributed by atoms with Gasteiger partial charge in [0.15, 0.2) is 0 Å². The number of sulfonamides is 1. The molecule has 120 valence electrons. The number of H-pyrrole nitrogens is 1. The van der Waals surface area contributed by atoms with Crippen molar-refractivity contribution >= 4 is 38.2 Å². The summed E-state index contributed by atoms with van der Waals surface area (Å²) >= 11 is 5.93. The number of methoxy groups -OCH3 is 1. The Morgan fingerprint density at radius 3 is 2.70 bits per heavy atom. The zero-order chi connectivity index (χ0) is 16.6. The van der Waals surface area contributed by atoms with Gasteiger partial charge in [0, 0.05) is 35.2 Å². The van der Waals surface area contributed by atoms with Crippen LogP contribution in [0.15, 0.2) is 47.6 Å². The number of fused-ring (bicyclic) bond motifs is 1. The third-order valence-electron chi connectivity index (χ3n) is 3.54. The number of hydrogen-bond donors (Lipinski definition) is 1. The Hall–Kier alpha value is -2.25. The molecule has 8 heteroatoms. The number of halogens is 1. The molecule has 2 heterocycles. The lowest BCUT2D eigenvalue weighted by molar-refractivity contribution is 0.398. The van der Waals surface area contributed by atoms with Gasteiger partial charge in [-0.3, -0.25) is 4.31 Å². The Kier molecular flexibility index (Phi) is 3.91. The van der Waals surface area contributed by atoms with Gasteiger partial charge in [0.05, 0.1) is 19.0 Å². The van der Waals surface area contributed by atoms with Gasteiger partial charge in [0.1, 0.15) is 4.90 Å². The smallest absolute Gasteiger partial charge is 0.266 e. The van der Waals surface area contributed by atoms with Crippen molar-refractivity contribution < 1.29 is 13.2 Å². The van der Waals surface area contributed by atoms with Crippen molar-refractivity contribution in [3.8, 4) is 5.88 Å². The van der Waals surface area contributed by atoms with Gasteiger partial charge in [0.2, 0.25) is 5.88 Å². The van der Waals surface area contributed by atoms with Gasteiger partial charge in [-0.15, -0.1) is 0 Å². The van der Waals surface area contributed by atoms with Crippen LogP contribution in [0.25, 0.3) is 10.9 Å². The Labute approximate surface area is 138 Å². The second-order valence-corrected chi connectivity index (χ2v) is 7.25. The molecule has 1 aromatic carbocycles. The summed E-state index contributed by atoms with van der Waals surface area (Å²) in [4.78, 5) is 7.15. The van der Waals surface area contributed by atoms with Crippen LogP contribution in [0.1, 0.15) is 0 Å². The van der Waals surface area contributed by atoms with E-state index in [9.17, 15) is 8.42 Å². The third kappa shape index (κ3) is 2.73. The molecule has 0 fully saturated rings. The predicted octanol–water partition coefficient (Wildman–Crippen LogP) is 3.05. The normalized spacial score (nSPS) is 11.6. The van der Waals surface area contributed by atoms with E-state index < -0.39 is 10.0 Å². The van der Waals surface area contributed by atoms with Crippen molar-refractivity contribution in [1.82, 2.24) is 9.97 Å². The molecule has 6 nitrogen and oxygen atoms in total. The number of benzene rings is 1. The van der Waals surface area contributed by atoms with Crippen molar-refractivity contribution in [1.29, 1.82) is 0 Å². The Balaban J connectivity index is 2.05. The lowest BCUT2D eigenvalue weighted by atomic mass is 10.2. The van der Waals surface area contributed by atoms with Gasteiger partial charge in [-0.2, -0.15) is 0 Å². The van der Waals surface area contributed by atoms with E-state index in [2.05, 4.69) is 9.97 Å². The summed E-state index contributed by atoms with van der Waals surface area (Å²) in [7, 11) is -0.750. The molecule has 0 aliphatic carbocycles. The van der Waals surface area contributed by atoms with Crippen LogP contribution in [0.4, 0.5) is 5.69 Å². The molecule has 0 spiro atoms. The summed E-state index contributed by atoms with van der Waals surface area (Å²) in [6.45, 7) is 0. The monoisotopic (exact) mass is 351 g/mol. The highest BCUT2D eigenvalue weighted by molar-refractivity contribution is 7.93. The van der Waals surface area contributed by atoms with Gasteiger partial charge < -0.3 is 9.72 Å². The van der Waals surface area contributed by atoms with Crippen molar-refractivity contribution in [3.05, 3.63) is 47.7 Å². The van der Waals surface area contributed by atoms with Gasteiger partial charge in [0.25, 0.3) is 10.0 Å². The van der Waals surface area contributed by atoms with Crippen LogP contribution in [-0.2, 0) is 10.0 Å². The molecule has 1 N–H and O–H groups in total. The van der Waals surface area contributed by atoms with Crippen LogP contribution < -0.4 is 9.04 Å². The maximum absolute atomic E-state index is 12.9. The molecule has 0 bridgehead atoms. The van der Waals surface area contributed by atoms with E-state index in [1.165, 1.54) is 30.9 Å². The zero-order valence-electron chi connectivity index (χ0n) is 12.4. The third-order valence-corrected chi connectivity index (χ3v) is 5.60. The highest BCUT2D eigenvalue weighted by Crippen LogP contribution is 2.29. The molecule has 0 radical (unpaired) electrons. The number of ether oxygens (including phenoxy) is 1. The van der Waals surface area contributed by atoms with Crippen LogP contribution in [0.5, 0.6) is 5.88 Å². The van der Waals surface area contributed by atoms with Gasteiger partial charge in [-0.25, -0.2) is 13.4 Å². The molecule has 3 rings (SSSR count). The molecular weight excluding hydrogens is 338 g/mol. The SMILES string of the molecule is COc1ccc(N(C)S(=O)(=O)c2c[nH]c3cc(Cl)ccc23)cn1. The van der Waals surface area contributed by atoms with Crippen molar-refractivity contribution in [2.24, 2.45) is 0 Å². The molecule has 0 aliphatic heterocycles. The number of aromatic nitrogens is 2. The molecule has 0 amide bonds. The standard InChI is InChI=1S/C15H14ClN3O3S/c1-19(11-4-6-15(22-2)18-8-11)23(20,21)14-9-17-13-7-10(16)3-5-12(13)14/h3-9,17H,1-2H3. The molecular formula is C15H14ClN3O3S. The fourth-order valence-corrected chi connectivity index (χ4v) is 3.77. The molecule has 0 saturated heterocycles. The minimum Gasteiger partial charge on any atom is -0.481 e. The minimum absolute atomic E-state index is 0.183. The largest absolute Gasteiger partial charge is 0.481 e. The second kappa shape index (κ2) is 5.75. The van der Waals surface area contributed by atoms with E-state index >= 15 is 0 Å². The van der Waals surface area contributed by atoms with Crippen LogP contribution in [0, 0.1) is 0 Å². The summed E-state index contributed by atoms with van der Waals surface area (Å²) in [6.07, 6.45) is 2.91. The first-order chi connectivity index (χ1) is 10.9. The Morgan fingerprint density at radius 1 is 1.26 bits per heavy atom. The Morgan fingerprint density at radius 2 is 2.04 bits per heavy atom. The van der Waals surface area contributed by atoms with E-state index in [-0.39, 0.29) is 4.90 Å². The summed E-state index contributed by atoms with van der Waals surface area (Å²) in [5, 5.41) is 1.12. The van der Waals surface area contributed by atoms with Gasteiger partial charge in [-0.1, -0.05) is 11.6 Å². The zero-order valence-corrected chi connectivity index (χ0v) is 14.0. The quantitative estimate of drug-likeness (QED) is 0.783. The maximum atomic E-state index is 12.9. The molecule has 0 saturated carbocycles. The van der Waals surface area contributed by atoms with Gasteiger partial charge in [-0.05, 0) is 24.3 Å². The number of nitrogens with zero attached hydrogens (tertiary/aromatic N) is 2. The van der Waals surface area contributed by atoms with E-state index in [1.54, 1.807) is 30.3 Å². The molecule has 0 unspecified atom stereocenters. The first kappa shape index (κ1) is 15.6. The number of aromatic amines is 1. The van der Waals surface area contributed by atoms with Crippen LogP contribution in [0.3, 0.4) is 0 Å². The fraction of sp³-hybridized carbons (Fsp3) is 0.133. The average Bonchev–Trinajstić information content (AvgIpc) is 2.97. The fourth-order valence-electron chi connectivity index (χ4n) is 2.25. The first-order valence-electron chi connectivity index (χ1n) is 6.69. The molecule has 2 aromatic heterocycles. The number of rotatable bonds is 4. The van der Waals surface area contributed by atoms with E-state index in [0.29, 0.717) is 27.5 Å². The molecule has 0 aliphatic rings. The number of anilines is 1. The van der Waals surface area contributed by atoms with E-state index in [1.807, 2.05) is 0 Å². The molecule has 23 heavy (non-hydrogen) atoms. The number of pyridine rings is 1. The van der Waals surface area contributed by atoms with Crippen molar-refractivity contribution in [2.75, 3.05) is 18.5 Å². The summed E-state index contributed by atoms with van der Waals surface area (Å²) in [5.74, 6) is 0.418. The highest BCUT2D eigenvalue weighted by atomic mass is 35.5. The summed E-state index contributed by atoms with van der Waals surface area (Å²) < 4.78 is 31.9. The maximum Gasteiger partial charge on any atom is 0.266 e. The van der Waals surface area contributed by atoms with Crippen LogP contribution in [-0.4, -0.2) is 32.5 Å². The lowest BCUT2D eigenvalue weighted by Gasteiger charge is -2.18. The predicted molar refractivity (Wildman–Crippen MR) is 89.7 cm³/mol. The summed E-state index contributed by atoms with van der Waals surface area (Å²) in [5.41, 5.74) is 1.10. The first-order valence-corrected chi connectivity index (χ1v) is 8.51. The van der Waals surface area contributed by atoms with E-state index in [0.717, 1.165) is 0 Å². The Bertz CT molecular complexity index is 952. The number of hydrogen-bond acceptors (Lipinski definition) is 4.